The van der Waals surface area contributed by atoms with Crippen molar-refractivity contribution in [2.45, 2.75) is 44.2 Å². The average molecular weight is 212 g/mol. The van der Waals surface area contributed by atoms with Crippen molar-refractivity contribution in [2.24, 2.45) is 0 Å². The van der Waals surface area contributed by atoms with E-state index < -0.39 is 0 Å². The molecule has 2 heterocycles. The van der Waals surface area contributed by atoms with Gasteiger partial charge < -0.3 is 15.4 Å². The molecule has 0 bridgehead atoms. The lowest BCUT2D eigenvalue weighted by atomic mass is 10.1. The van der Waals surface area contributed by atoms with Crippen LogP contribution in [-0.2, 0) is 9.53 Å². The van der Waals surface area contributed by atoms with E-state index in [4.69, 9.17) is 4.74 Å². The molecule has 0 saturated carbocycles. The number of carbonyl (C=O) groups is 1. The molecule has 4 heteroatoms. The third kappa shape index (κ3) is 3.18. The molecule has 15 heavy (non-hydrogen) atoms. The van der Waals surface area contributed by atoms with Gasteiger partial charge >= 0.3 is 0 Å². The van der Waals surface area contributed by atoms with Crippen molar-refractivity contribution >= 4 is 5.91 Å². The number of ether oxygens (including phenoxy) is 1. The Labute approximate surface area is 90.8 Å². The summed E-state index contributed by atoms with van der Waals surface area (Å²) in [4.78, 5) is 11.8. The summed E-state index contributed by atoms with van der Waals surface area (Å²) in [5.41, 5.74) is 0. The quantitative estimate of drug-likeness (QED) is 0.697. The van der Waals surface area contributed by atoms with E-state index in [1.54, 1.807) is 0 Å². The number of hydrogen-bond donors (Lipinski definition) is 2. The highest BCUT2D eigenvalue weighted by Crippen LogP contribution is 2.13. The molecule has 2 atom stereocenters. The Bertz CT molecular complexity index is 209. The zero-order valence-corrected chi connectivity index (χ0v) is 9.13. The molecule has 2 saturated heterocycles. The van der Waals surface area contributed by atoms with Gasteiger partial charge in [-0.05, 0) is 38.6 Å². The first-order valence-electron chi connectivity index (χ1n) is 5.99. The molecular formula is C11H20N2O2. The largest absolute Gasteiger partial charge is 0.368 e. The van der Waals surface area contributed by atoms with Crippen molar-refractivity contribution in [1.82, 2.24) is 10.6 Å². The summed E-state index contributed by atoms with van der Waals surface area (Å²) in [6, 6.07) is 0.303. The first-order chi connectivity index (χ1) is 7.36. The molecular weight excluding hydrogens is 192 g/mol. The van der Waals surface area contributed by atoms with Gasteiger partial charge in [-0.3, -0.25) is 4.79 Å². The maximum atomic E-state index is 11.8. The van der Waals surface area contributed by atoms with Gasteiger partial charge in [-0.15, -0.1) is 0 Å². The average Bonchev–Trinajstić information content (AvgIpc) is 2.31. The summed E-state index contributed by atoms with van der Waals surface area (Å²) in [5.74, 6) is 0.0865. The van der Waals surface area contributed by atoms with E-state index in [-0.39, 0.29) is 12.0 Å². The number of nitrogens with one attached hydrogen (secondary N) is 2. The monoisotopic (exact) mass is 212 g/mol. The van der Waals surface area contributed by atoms with Gasteiger partial charge in [0.15, 0.2) is 0 Å². The summed E-state index contributed by atoms with van der Waals surface area (Å²) < 4.78 is 5.45. The summed E-state index contributed by atoms with van der Waals surface area (Å²) in [6.45, 7) is 2.71. The van der Waals surface area contributed by atoms with Gasteiger partial charge in [0.05, 0.1) is 0 Å². The third-order valence-electron chi connectivity index (χ3n) is 3.12. The van der Waals surface area contributed by atoms with Crippen molar-refractivity contribution in [2.75, 3.05) is 19.7 Å². The van der Waals surface area contributed by atoms with Crippen LogP contribution in [0.4, 0.5) is 0 Å². The molecule has 0 aromatic carbocycles. The van der Waals surface area contributed by atoms with Crippen molar-refractivity contribution in [3.63, 3.8) is 0 Å². The highest BCUT2D eigenvalue weighted by molar-refractivity contribution is 5.81. The molecule has 2 aliphatic rings. The summed E-state index contributed by atoms with van der Waals surface area (Å²) in [6.07, 6.45) is 5.13. The maximum Gasteiger partial charge on any atom is 0.249 e. The molecule has 4 nitrogen and oxygen atoms in total. The first-order valence-corrected chi connectivity index (χ1v) is 5.99. The molecule has 2 aliphatic heterocycles. The Morgan fingerprint density at radius 1 is 1.27 bits per heavy atom. The fraction of sp³-hybridized carbons (Fsp3) is 0.909. The molecule has 2 fully saturated rings. The second kappa shape index (κ2) is 5.47. The van der Waals surface area contributed by atoms with Gasteiger partial charge in [-0.1, -0.05) is 0 Å². The Balaban J connectivity index is 1.74. The molecule has 2 N–H and O–H groups in total. The lowest BCUT2D eigenvalue weighted by Gasteiger charge is -2.27. The van der Waals surface area contributed by atoms with Crippen LogP contribution in [0, 0.1) is 0 Å². The van der Waals surface area contributed by atoms with E-state index >= 15 is 0 Å². The van der Waals surface area contributed by atoms with Crippen LogP contribution in [0.25, 0.3) is 0 Å². The minimum Gasteiger partial charge on any atom is -0.368 e. The fourth-order valence-corrected chi connectivity index (χ4v) is 2.22. The van der Waals surface area contributed by atoms with E-state index in [2.05, 4.69) is 10.6 Å². The van der Waals surface area contributed by atoms with Gasteiger partial charge in [0, 0.05) is 19.2 Å². The van der Waals surface area contributed by atoms with Crippen LogP contribution < -0.4 is 10.6 Å². The van der Waals surface area contributed by atoms with E-state index in [9.17, 15) is 4.79 Å². The van der Waals surface area contributed by atoms with Gasteiger partial charge in [0.2, 0.25) is 5.91 Å². The summed E-state index contributed by atoms with van der Waals surface area (Å²) in [5, 5.41) is 6.35. The molecule has 0 aromatic rings. The Kier molecular flexibility index (Phi) is 3.97. The van der Waals surface area contributed by atoms with Crippen LogP contribution in [0.2, 0.25) is 0 Å². The predicted octanol–water partition coefficient (Wildman–Crippen LogP) is 0.424. The van der Waals surface area contributed by atoms with Crippen LogP contribution in [-0.4, -0.2) is 37.7 Å². The van der Waals surface area contributed by atoms with Crippen LogP contribution in [0.15, 0.2) is 0 Å². The fourth-order valence-electron chi connectivity index (χ4n) is 2.22. The number of amides is 1. The highest BCUT2D eigenvalue weighted by Gasteiger charge is 2.24. The van der Waals surface area contributed by atoms with Gasteiger partial charge in [-0.2, -0.15) is 0 Å². The number of hydrogen-bond acceptors (Lipinski definition) is 3. The lowest BCUT2D eigenvalue weighted by Crippen LogP contribution is -2.49. The molecule has 0 spiro atoms. The SMILES string of the molecule is O=C(NC1CCCNC1)C1CCCCO1. The van der Waals surface area contributed by atoms with Gasteiger partial charge in [0.1, 0.15) is 6.10 Å². The molecule has 0 aromatic heterocycles. The van der Waals surface area contributed by atoms with E-state index in [0.29, 0.717) is 6.04 Å². The van der Waals surface area contributed by atoms with Crippen LogP contribution >= 0.6 is 0 Å². The third-order valence-corrected chi connectivity index (χ3v) is 3.12. The normalized spacial score (nSPS) is 32.3. The zero-order chi connectivity index (χ0) is 10.5. The molecule has 2 rings (SSSR count). The van der Waals surface area contributed by atoms with Crippen LogP contribution in [0.1, 0.15) is 32.1 Å². The topological polar surface area (TPSA) is 50.4 Å². The number of carbonyl (C=O) groups excluding carboxylic acids is 1. The molecule has 86 valence electrons. The van der Waals surface area contributed by atoms with Gasteiger partial charge in [-0.25, -0.2) is 0 Å². The van der Waals surface area contributed by atoms with Crippen molar-refractivity contribution in [1.29, 1.82) is 0 Å². The molecule has 0 aliphatic carbocycles. The molecule has 0 radical (unpaired) electrons. The van der Waals surface area contributed by atoms with Crippen molar-refractivity contribution in [3.8, 4) is 0 Å². The molecule has 2 unspecified atom stereocenters. The smallest absolute Gasteiger partial charge is 0.249 e. The molecule has 1 amide bonds. The standard InChI is InChI=1S/C11H20N2O2/c14-11(10-5-1-2-7-15-10)13-9-4-3-6-12-8-9/h9-10,12H,1-8H2,(H,13,14). The summed E-state index contributed by atoms with van der Waals surface area (Å²) in [7, 11) is 0. The predicted molar refractivity (Wildman–Crippen MR) is 57.6 cm³/mol. The maximum absolute atomic E-state index is 11.8. The second-order valence-electron chi connectivity index (χ2n) is 4.41. The van der Waals surface area contributed by atoms with Crippen molar-refractivity contribution in [3.05, 3.63) is 0 Å². The minimum atomic E-state index is -0.194. The van der Waals surface area contributed by atoms with Crippen molar-refractivity contribution < 1.29 is 9.53 Å². The van der Waals surface area contributed by atoms with E-state index in [1.807, 2.05) is 0 Å². The Morgan fingerprint density at radius 2 is 2.20 bits per heavy atom. The second-order valence-corrected chi connectivity index (χ2v) is 4.41. The van der Waals surface area contributed by atoms with Gasteiger partial charge in [0.25, 0.3) is 0 Å². The highest BCUT2D eigenvalue weighted by atomic mass is 16.5. The summed E-state index contributed by atoms with van der Waals surface area (Å²) >= 11 is 0. The van der Waals surface area contributed by atoms with Crippen LogP contribution in [0.3, 0.4) is 0 Å². The Morgan fingerprint density at radius 3 is 2.87 bits per heavy atom. The van der Waals surface area contributed by atoms with E-state index in [1.165, 1.54) is 0 Å². The minimum absolute atomic E-state index is 0.0865. The first kappa shape index (κ1) is 10.9. The number of piperidine rings is 1. The van der Waals surface area contributed by atoms with Crippen LogP contribution in [0.5, 0.6) is 0 Å². The number of rotatable bonds is 2. The van der Waals surface area contributed by atoms with E-state index in [0.717, 1.165) is 51.8 Å². The lowest BCUT2D eigenvalue weighted by molar-refractivity contribution is -0.136. The Hall–Kier alpha value is -0.610. The zero-order valence-electron chi connectivity index (χ0n) is 9.13.